The van der Waals surface area contributed by atoms with E-state index >= 15 is 0 Å². The maximum absolute atomic E-state index is 5.96. The Morgan fingerprint density at radius 1 is 1.36 bits per heavy atom. The summed E-state index contributed by atoms with van der Waals surface area (Å²) < 4.78 is 5.41. The SMILES string of the molecule is Cl.N[C@@H]1CCOc2c1ccc(Cl)c2Cl. The van der Waals surface area contributed by atoms with E-state index in [1.807, 2.05) is 6.07 Å². The molecule has 2 N–H and O–H groups in total. The van der Waals surface area contributed by atoms with E-state index in [4.69, 9.17) is 33.7 Å². The monoisotopic (exact) mass is 253 g/mol. The summed E-state index contributed by atoms with van der Waals surface area (Å²) in [7, 11) is 0. The number of benzene rings is 1. The first-order valence-electron chi connectivity index (χ1n) is 4.06. The Bertz CT molecular complexity index is 343. The highest BCUT2D eigenvalue weighted by Crippen LogP contribution is 2.40. The molecule has 1 aliphatic heterocycles. The van der Waals surface area contributed by atoms with Gasteiger partial charge in [0.2, 0.25) is 0 Å². The maximum atomic E-state index is 5.96. The molecular weight excluding hydrogens is 244 g/mol. The van der Waals surface area contributed by atoms with Crippen molar-refractivity contribution < 1.29 is 4.74 Å². The van der Waals surface area contributed by atoms with Gasteiger partial charge in [0.15, 0.2) is 0 Å². The van der Waals surface area contributed by atoms with Crippen molar-refractivity contribution >= 4 is 35.6 Å². The van der Waals surface area contributed by atoms with Crippen LogP contribution in [0.5, 0.6) is 5.75 Å². The van der Waals surface area contributed by atoms with Crippen LogP contribution >= 0.6 is 35.6 Å². The van der Waals surface area contributed by atoms with E-state index in [1.54, 1.807) is 6.07 Å². The number of hydrogen-bond acceptors (Lipinski definition) is 2. The van der Waals surface area contributed by atoms with Crippen molar-refractivity contribution in [2.45, 2.75) is 12.5 Å². The number of hydrogen-bond donors (Lipinski definition) is 1. The summed E-state index contributed by atoms with van der Waals surface area (Å²) in [5, 5.41) is 0.976. The number of rotatable bonds is 0. The first-order valence-corrected chi connectivity index (χ1v) is 4.82. The van der Waals surface area contributed by atoms with Crippen molar-refractivity contribution in [2.24, 2.45) is 5.73 Å². The van der Waals surface area contributed by atoms with Gasteiger partial charge in [-0.25, -0.2) is 0 Å². The summed E-state index contributed by atoms with van der Waals surface area (Å²) in [6.45, 7) is 0.605. The van der Waals surface area contributed by atoms with Crippen LogP contribution in [0.3, 0.4) is 0 Å². The summed E-state index contributed by atoms with van der Waals surface area (Å²) in [5.74, 6) is 0.646. The van der Waals surface area contributed by atoms with Gasteiger partial charge in [0.1, 0.15) is 10.8 Å². The third-order valence-corrected chi connectivity index (χ3v) is 2.94. The molecule has 14 heavy (non-hydrogen) atoms. The molecule has 0 spiro atoms. The van der Waals surface area contributed by atoms with Gasteiger partial charge in [0, 0.05) is 18.0 Å². The van der Waals surface area contributed by atoms with Crippen LogP contribution in [-0.2, 0) is 0 Å². The Hall–Kier alpha value is -0.150. The van der Waals surface area contributed by atoms with Crippen molar-refractivity contribution in [1.82, 2.24) is 0 Å². The van der Waals surface area contributed by atoms with Crippen LogP contribution < -0.4 is 10.5 Å². The summed E-state index contributed by atoms with van der Waals surface area (Å²) in [6.07, 6.45) is 0.824. The zero-order chi connectivity index (χ0) is 9.42. The second kappa shape index (κ2) is 4.58. The Morgan fingerprint density at radius 3 is 2.79 bits per heavy atom. The highest BCUT2D eigenvalue weighted by Gasteiger charge is 2.21. The average Bonchev–Trinajstić information content (AvgIpc) is 2.12. The fourth-order valence-electron chi connectivity index (χ4n) is 1.43. The lowest BCUT2D eigenvalue weighted by atomic mass is 10.0. The van der Waals surface area contributed by atoms with E-state index in [1.165, 1.54) is 0 Å². The van der Waals surface area contributed by atoms with Crippen molar-refractivity contribution in [3.63, 3.8) is 0 Å². The van der Waals surface area contributed by atoms with Gasteiger partial charge in [0.25, 0.3) is 0 Å². The first kappa shape index (κ1) is 11.9. The van der Waals surface area contributed by atoms with Crippen LogP contribution in [0.1, 0.15) is 18.0 Å². The minimum atomic E-state index is 0. The molecule has 1 aliphatic rings. The highest BCUT2D eigenvalue weighted by molar-refractivity contribution is 6.43. The number of halogens is 3. The Labute approximate surface area is 98.7 Å². The van der Waals surface area contributed by atoms with E-state index in [0.29, 0.717) is 22.4 Å². The minimum absolute atomic E-state index is 0. The molecule has 0 fully saturated rings. The lowest BCUT2D eigenvalue weighted by Crippen LogP contribution is -2.20. The van der Waals surface area contributed by atoms with Gasteiger partial charge in [-0.05, 0) is 6.07 Å². The molecule has 0 saturated carbocycles. The molecule has 2 nitrogen and oxygen atoms in total. The van der Waals surface area contributed by atoms with Crippen molar-refractivity contribution in [2.75, 3.05) is 6.61 Å². The van der Waals surface area contributed by atoms with Crippen LogP contribution in [0.4, 0.5) is 0 Å². The predicted molar refractivity (Wildman–Crippen MR) is 60.8 cm³/mol. The van der Waals surface area contributed by atoms with E-state index < -0.39 is 0 Å². The molecule has 0 radical (unpaired) electrons. The topological polar surface area (TPSA) is 35.2 Å². The van der Waals surface area contributed by atoms with Gasteiger partial charge < -0.3 is 10.5 Å². The van der Waals surface area contributed by atoms with Crippen molar-refractivity contribution in [3.05, 3.63) is 27.7 Å². The van der Waals surface area contributed by atoms with E-state index in [2.05, 4.69) is 0 Å². The maximum Gasteiger partial charge on any atom is 0.144 e. The molecule has 1 atom stereocenters. The average molecular weight is 255 g/mol. The Morgan fingerprint density at radius 2 is 2.07 bits per heavy atom. The fourth-order valence-corrected chi connectivity index (χ4v) is 1.80. The fraction of sp³-hybridized carbons (Fsp3) is 0.333. The molecule has 78 valence electrons. The van der Waals surface area contributed by atoms with Gasteiger partial charge >= 0.3 is 0 Å². The minimum Gasteiger partial charge on any atom is -0.492 e. The first-order chi connectivity index (χ1) is 6.20. The standard InChI is InChI=1S/C9H9Cl2NO.ClH/c10-6-2-1-5-7(12)3-4-13-9(5)8(6)11;/h1-2,7H,3-4,12H2;1H/t7-;/m1./s1. The molecule has 0 amide bonds. The van der Waals surface area contributed by atoms with Gasteiger partial charge in [-0.1, -0.05) is 29.3 Å². The molecule has 0 aromatic heterocycles. The summed E-state index contributed by atoms with van der Waals surface area (Å²) >= 11 is 11.8. The third-order valence-electron chi connectivity index (χ3n) is 2.16. The molecule has 0 bridgehead atoms. The quantitative estimate of drug-likeness (QED) is 0.772. The Balaban J connectivity index is 0.000000980. The second-order valence-corrected chi connectivity index (χ2v) is 3.81. The van der Waals surface area contributed by atoms with Crippen LogP contribution in [0, 0.1) is 0 Å². The second-order valence-electron chi connectivity index (χ2n) is 3.02. The highest BCUT2D eigenvalue weighted by atomic mass is 35.5. The lowest BCUT2D eigenvalue weighted by molar-refractivity contribution is 0.269. The molecule has 0 unspecified atom stereocenters. The van der Waals surface area contributed by atoms with Crippen LogP contribution in [0.15, 0.2) is 12.1 Å². The number of fused-ring (bicyclic) bond motifs is 1. The summed E-state index contributed by atoms with van der Waals surface area (Å²) in [4.78, 5) is 0. The number of ether oxygens (including phenoxy) is 1. The van der Waals surface area contributed by atoms with E-state index in [9.17, 15) is 0 Å². The van der Waals surface area contributed by atoms with Gasteiger partial charge in [-0.2, -0.15) is 0 Å². The van der Waals surface area contributed by atoms with E-state index in [0.717, 1.165) is 12.0 Å². The zero-order valence-electron chi connectivity index (χ0n) is 7.30. The molecule has 2 rings (SSSR count). The van der Waals surface area contributed by atoms with E-state index in [-0.39, 0.29) is 18.4 Å². The van der Waals surface area contributed by atoms with Crippen molar-refractivity contribution in [3.8, 4) is 5.75 Å². The largest absolute Gasteiger partial charge is 0.492 e. The molecule has 0 saturated heterocycles. The van der Waals surface area contributed by atoms with Crippen molar-refractivity contribution in [1.29, 1.82) is 0 Å². The van der Waals surface area contributed by atoms with Gasteiger partial charge in [0.05, 0.1) is 11.6 Å². The molecule has 1 aromatic carbocycles. The Kier molecular flexibility index (Phi) is 3.90. The molecule has 0 aliphatic carbocycles. The summed E-state index contributed by atoms with van der Waals surface area (Å²) in [6, 6.07) is 3.63. The van der Waals surface area contributed by atoms with Crippen LogP contribution in [0.2, 0.25) is 10.0 Å². The predicted octanol–water partition coefficient (Wildman–Crippen LogP) is 3.20. The van der Waals surface area contributed by atoms with Crippen LogP contribution in [-0.4, -0.2) is 6.61 Å². The molecule has 5 heteroatoms. The lowest BCUT2D eigenvalue weighted by Gasteiger charge is -2.23. The third kappa shape index (κ3) is 1.94. The number of nitrogens with two attached hydrogens (primary N) is 1. The van der Waals surface area contributed by atoms with Gasteiger partial charge in [-0.15, -0.1) is 12.4 Å². The van der Waals surface area contributed by atoms with Crippen LogP contribution in [0.25, 0.3) is 0 Å². The zero-order valence-corrected chi connectivity index (χ0v) is 9.62. The molecular formula is C9H10Cl3NO. The normalized spacial score (nSPS) is 19.2. The van der Waals surface area contributed by atoms with Gasteiger partial charge in [-0.3, -0.25) is 0 Å². The smallest absolute Gasteiger partial charge is 0.144 e. The molecule has 1 aromatic rings. The molecule has 1 heterocycles. The summed E-state index contributed by atoms with van der Waals surface area (Å²) in [5.41, 5.74) is 6.83.